The number of allylic oxidation sites excluding steroid dienone is 1. The normalized spacial score (nSPS) is 15.6. The number of rotatable bonds is 4. The summed E-state index contributed by atoms with van der Waals surface area (Å²) in [5, 5.41) is 15.6. The molecule has 1 unspecified atom stereocenters. The van der Waals surface area contributed by atoms with Crippen molar-refractivity contribution in [2.45, 2.75) is 25.7 Å². The number of benzene rings is 2. The number of nitrogens with two attached hydrogens (primary N) is 1. The molecule has 1 aliphatic rings. The van der Waals surface area contributed by atoms with E-state index in [-0.39, 0.29) is 11.5 Å². The lowest BCUT2D eigenvalue weighted by Crippen LogP contribution is -2.22. The maximum absolute atomic E-state index is 9.86. The molecule has 1 aliphatic heterocycles. The Balaban J connectivity index is 2.04. The number of aromatic nitrogens is 2. The minimum atomic E-state index is -0.552. The molecule has 2 heterocycles. The summed E-state index contributed by atoms with van der Waals surface area (Å²) in [4.78, 5) is 0. The second-order valence-corrected chi connectivity index (χ2v) is 7.54. The van der Waals surface area contributed by atoms with Gasteiger partial charge in [-0.15, -0.1) is 0 Å². The van der Waals surface area contributed by atoms with Crippen molar-refractivity contribution in [3.63, 3.8) is 0 Å². The highest BCUT2D eigenvalue weighted by Crippen LogP contribution is 2.48. The highest BCUT2D eigenvalue weighted by molar-refractivity contribution is 6.36. The van der Waals surface area contributed by atoms with Gasteiger partial charge in [0.25, 0.3) is 0 Å². The van der Waals surface area contributed by atoms with Gasteiger partial charge in [0.15, 0.2) is 0 Å². The molecular formula is C22H18Cl2N4O. The lowest BCUT2D eigenvalue weighted by molar-refractivity contribution is 0.367. The minimum absolute atomic E-state index is 0.0288. The first-order valence-corrected chi connectivity index (χ1v) is 10.0. The quantitative estimate of drug-likeness (QED) is 0.611. The van der Waals surface area contributed by atoms with Crippen LogP contribution in [0.1, 0.15) is 36.1 Å². The molecule has 0 saturated heterocycles. The van der Waals surface area contributed by atoms with Crippen LogP contribution in [0.15, 0.2) is 60.0 Å². The molecule has 29 heavy (non-hydrogen) atoms. The molecule has 0 bridgehead atoms. The Hall–Kier alpha value is -2.94. The highest BCUT2D eigenvalue weighted by atomic mass is 35.5. The van der Waals surface area contributed by atoms with Crippen LogP contribution in [0.4, 0.5) is 0 Å². The monoisotopic (exact) mass is 424 g/mol. The van der Waals surface area contributed by atoms with E-state index < -0.39 is 5.92 Å². The molecule has 0 radical (unpaired) electrons. The Morgan fingerprint density at radius 2 is 1.79 bits per heavy atom. The van der Waals surface area contributed by atoms with E-state index in [1.165, 1.54) is 0 Å². The van der Waals surface area contributed by atoms with Gasteiger partial charge in [-0.3, -0.25) is 0 Å². The smallest absolute Gasteiger partial charge is 0.229 e. The van der Waals surface area contributed by atoms with Gasteiger partial charge in [0.2, 0.25) is 11.8 Å². The Kier molecular flexibility index (Phi) is 5.23. The van der Waals surface area contributed by atoms with Crippen molar-refractivity contribution >= 4 is 23.2 Å². The van der Waals surface area contributed by atoms with Gasteiger partial charge in [-0.05, 0) is 30.7 Å². The number of halogens is 2. The summed E-state index contributed by atoms with van der Waals surface area (Å²) in [5.74, 6) is -0.0396. The summed E-state index contributed by atoms with van der Waals surface area (Å²) in [6.45, 7) is 2.07. The number of fused-ring (bicyclic) bond motifs is 1. The van der Waals surface area contributed by atoms with Crippen LogP contribution >= 0.6 is 23.2 Å². The fourth-order valence-corrected chi connectivity index (χ4v) is 4.27. The molecule has 146 valence electrons. The maximum Gasteiger partial charge on any atom is 0.229 e. The van der Waals surface area contributed by atoms with Crippen LogP contribution in [0, 0.1) is 11.3 Å². The van der Waals surface area contributed by atoms with Gasteiger partial charge < -0.3 is 10.5 Å². The van der Waals surface area contributed by atoms with Crippen LogP contribution in [-0.4, -0.2) is 9.78 Å². The van der Waals surface area contributed by atoms with E-state index in [9.17, 15) is 5.26 Å². The molecule has 1 atom stereocenters. The summed E-state index contributed by atoms with van der Waals surface area (Å²) < 4.78 is 7.65. The number of para-hydroxylation sites is 1. The Morgan fingerprint density at radius 3 is 2.41 bits per heavy atom. The van der Waals surface area contributed by atoms with Gasteiger partial charge in [0.05, 0.1) is 22.9 Å². The Labute approximate surface area is 178 Å². The van der Waals surface area contributed by atoms with E-state index in [1.54, 1.807) is 22.9 Å². The molecule has 2 N–H and O–H groups in total. The molecule has 7 heteroatoms. The van der Waals surface area contributed by atoms with Crippen LogP contribution < -0.4 is 10.5 Å². The number of nitrogens with zero attached hydrogens (tertiary/aromatic N) is 3. The van der Waals surface area contributed by atoms with Crippen molar-refractivity contribution in [2.24, 2.45) is 5.73 Å². The number of aryl methyl sites for hydroxylation is 1. The van der Waals surface area contributed by atoms with E-state index in [0.717, 1.165) is 23.4 Å². The van der Waals surface area contributed by atoms with E-state index in [1.807, 2.05) is 30.3 Å². The van der Waals surface area contributed by atoms with E-state index in [2.05, 4.69) is 13.0 Å². The van der Waals surface area contributed by atoms with Crippen LogP contribution in [0.3, 0.4) is 0 Å². The first-order chi connectivity index (χ1) is 14.1. The molecule has 0 saturated carbocycles. The van der Waals surface area contributed by atoms with Crippen LogP contribution in [0.2, 0.25) is 10.0 Å². The second kappa shape index (κ2) is 7.82. The first kappa shape index (κ1) is 19.4. The summed E-state index contributed by atoms with van der Waals surface area (Å²) in [6, 6.07) is 17.1. The topological polar surface area (TPSA) is 76.9 Å². The number of ether oxygens (including phenoxy) is 1. The third-order valence-electron chi connectivity index (χ3n) is 4.90. The zero-order chi connectivity index (χ0) is 20.5. The van der Waals surface area contributed by atoms with Gasteiger partial charge in [-0.25, -0.2) is 4.68 Å². The van der Waals surface area contributed by atoms with E-state index in [0.29, 0.717) is 27.9 Å². The lowest BCUT2D eigenvalue weighted by atomic mass is 9.83. The number of nitriles is 1. The average molecular weight is 425 g/mol. The largest absolute Gasteiger partial charge is 0.422 e. The average Bonchev–Trinajstić information content (AvgIpc) is 3.06. The Bertz CT molecular complexity index is 1130. The fraction of sp³-hybridized carbons (Fsp3) is 0.182. The molecule has 0 amide bonds. The highest BCUT2D eigenvalue weighted by Gasteiger charge is 2.38. The molecule has 0 aliphatic carbocycles. The molecule has 2 aromatic carbocycles. The zero-order valence-corrected chi connectivity index (χ0v) is 17.2. The van der Waals surface area contributed by atoms with Gasteiger partial charge >= 0.3 is 0 Å². The van der Waals surface area contributed by atoms with E-state index >= 15 is 0 Å². The molecule has 4 rings (SSSR count). The zero-order valence-electron chi connectivity index (χ0n) is 15.7. The molecule has 1 aromatic heterocycles. The molecule has 0 spiro atoms. The van der Waals surface area contributed by atoms with E-state index in [4.69, 9.17) is 38.8 Å². The lowest BCUT2D eigenvalue weighted by Gasteiger charge is -2.26. The van der Waals surface area contributed by atoms with Gasteiger partial charge in [0.1, 0.15) is 11.6 Å². The van der Waals surface area contributed by atoms with Crippen molar-refractivity contribution in [3.8, 4) is 17.6 Å². The number of hydrogen-bond donors (Lipinski definition) is 1. The van der Waals surface area contributed by atoms with Crippen molar-refractivity contribution < 1.29 is 4.74 Å². The molecular weight excluding hydrogens is 407 g/mol. The third-order valence-corrected chi connectivity index (χ3v) is 5.56. The predicted molar refractivity (Wildman–Crippen MR) is 113 cm³/mol. The number of hydrogen-bond acceptors (Lipinski definition) is 4. The summed E-state index contributed by atoms with van der Waals surface area (Å²) in [7, 11) is 0. The van der Waals surface area contributed by atoms with Crippen LogP contribution in [-0.2, 0) is 6.42 Å². The van der Waals surface area contributed by atoms with Crippen LogP contribution in [0.5, 0.6) is 5.88 Å². The van der Waals surface area contributed by atoms with Gasteiger partial charge in [-0.1, -0.05) is 60.8 Å². The molecule has 3 aromatic rings. The molecule has 0 fully saturated rings. The van der Waals surface area contributed by atoms with Crippen molar-refractivity contribution in [1.82, 2.24) is 9.78 Å². The maximum atomic E-state index is 9.86. The third kappa shape index (κ3) is 3.25. The van der Waals surface area contributed by atoms with Crippen molar-refractivity contribution in [2.75, 3.05) is 0 Å². The fourth-order valence-electron chi connectivity index (χ4n) is 3.65. The van der Waals surface area contributed by atoms with Gasteiger partial charge in [0, 0.05) is 15.6 Å². The summed E-state index contributed by atoms with van der Waals surface area (Å²) >= 11 is 13.1. The first-order valence-electron chi connectivity index (χ1n) is 9.25. The second-order valence-electron chi connectivity index (χ2n) is 6.72. The minimum Gasteiger partial charge on any atom is -0.422 e. The molecule has 5 nitrogen and oxygen atoms in total. The van der Waals surface area contributed by atoms with Crippen molar-refractivity contribution in [3.05, 3.63) is 86.9 Å². The Morgan fingerprint density at radius 1 is 1.10 bits per heavy atom. The summed E-state index contributed by atoms with van der Waals surface area (Å²) in [6.07, 6.45) is 1.59. The standard InChI is InChI=1S/C22H18Cl2N4O/c1-2-7-17-20-18(19-15(23)10-6-11-16(19)24)14(12-25)21(26)29-22(20)28(27-17)13-8-4-3-5-9-13/h3-6,8-11,18H,2,7,26H2,1H3. The summed E-state index contributed by atoms with van der Waals surface area (Å²) in [5.41, 5.74) is 9.51. The van der Waals surface area contributed by atoms with Gasteiger partial charge in [-0.2, -0.15) is 10.4 Å². The SMILES string of the molecule is CCCc1nn(-c2ccccc2)c2c1C(c1c(Cl)cccc1Cl)C(C#N)=C(N)O2. The van der Waals surface area contributed by atoms with Crippen LogP contribution in [0.25, 0.3) is 5.69 Å². The van der Waals surface area contributed by atoms with Crippen molar-refractivity contribution in [1.29, 1.82) is 5.26 Å². The predicted octanol–water partition coefficient (Wildman–Crippen LogP) is 5.35.